The first-order chi connectivity index (χ1) is 13.6. The van der Waals surface area contributed by atoms with Crippen molar-refractivity contribution < 1.29 is 14.3 Å². The Balaban J connectivity index is 1.50. The van der Waals surface area contributed by atoms with Gasteiger partial charge in [-0.15, -0.1) is 11.8 Å². The van der Waals surface area contributed by atoms with Gasteiger partial charge in [-0.2, -0.15) is 5.26 Å². The van der Waals surface area contributed by atoms with Crippen LogP contribution in [-0.2, 0) is 15.3 Å². The molecule has 5 nitrogen and oxygen atoms in total. The lowest BCUT2D eigenvalue weighted by Crippen LogP contribution is -2.19. The number of hydrogen-bond acceptors (Lipinski definition) is 5. The number of aryl methyl sites for hydroxylation is 1. The first-order valence-corrected chi connectivity index (χ1v) is 10.5. The summed E-state index contributed by atoms with van der Waals surface area (Å²) in [5, 5.41) is 11.8. The van der Waals surface area contributed by atoms with Crippen molar-refractivity contribution >= 4 is 23.4 Å². The standard InChI is InChI=1S/C22H24N2O3S/c1-16-4-9-20(21(11-16)27-13-19-3-2-10-26-19)24-22(25)15-28-14-18-7-5-17(12-23)6-8-18/h4-9,11,19H,2-3,10,13-15H2,1H3,(H,24,25). The van der Waals surface area contributed by atoms with Gasteiger partial charge in [0.2, 0.25) is 5.91 Å². The topological polar surface area (TPSA) is 71.4 Å². The molecule has 0 spiro atoms. The molecule has 1 fully saturated rings. The van der Waals surface area contributed by atoms with Crippen molar-refractivity contribution in [1.29, 1.82) is 5.26 Å². The maximum atomic E-state index is 12.3. The first kappa shape index (κ1) is 20.2. The van der Waals surface area contributed by atoms with Gasteiger partial charge in [0, 0.05) is 12.4 Å². The minimum atomic E-state index is -0.0653. The number of rotatable bonds is 8. The monoisotopic (exact) mass is 396 g/mol. The molecule has 0 aromatic heterocycles. The maximum Gasteiger partial charge on any atom is 0.234 e. The summed E-state index contributed by atoms with van der Waals surface area (Å²) in [5.41, 5.74) is 3.50. The van der Waals surface area contributed by atoms with Crippen LogP contribution in [0.4, 0.5) is 5.69 Å². The second-order valence-electron chi connectivity index (χ2n) is 6.80. The Kier molecular flexibility index (Phi) is 7.35. The van der Waals surface area contributed by atoms with Crippen LogP contribution in [0.2, 0.25) is 0 Å². The van der Waals surface area contributed by atoms with Crippen LogP contribution >= 0.6 is 11.8 Å². The molecule has 0 aliphatic carbocycles. The molecule has 28 heavy (non-hydrogen) atoms. The Morgan fingerprint density at radius 2 is 2.14 bits per heavy atom. The molecule has 1 saturated heterocycles. The number of benzene rings is 2. The quantitative estimate of drug-likeness (QED) is 0.720. The third-order valence-corrected chi connectivity index (χ3v) is 5.45. The highest BCUT2D eigenvalue weighted by Gasteiger charge is 2.17. The average molecular weight is 397 g/mol. The number of nitrogens with one attached hydrogen (secondary N) is 1. The molecule has 3 rings (SSSR count). The molecule has 0 saturated carbocycles. The lowest BCUT2D eigenvalue weighted by Gasteiger charge is -2.16. The maximum absolute atomic E-state index is 12.3. The van der Waals surface area contributed by atoms with Gasteiger partial charge in [0.15, 0.2) is 0 Å². The molecule has 1 heterocycles. The molecule has 1 N–H and O–H groups in total. The van der Waals surface area contributed by atoms with Gasteiger partial charge in [-0.1, -0.05) is 18.2 Å². The number of nitriles is 1. The van der Waals surface area contributed by atoms with Crippen LogP contribution in [0.3, 0.4) is 0 Å². The number of nitrogens with zero attached hydrogens (tertiary/aromatic N) is 1. The number of hydrogen-bond donors (Lipinski definition) is 1. The summed E-state index contributed by atoms with van der Waals surface area (Å²) in [4.78, 5) is 12.3. The van der Waals surface area contributed by atoms with Crippen LogP contribution in [0.1, 0.15) is 29.5 Å². The number of ether oxygens (including phenoxy) is 2. The summed E-state index contributed by atoms with van der Waals surface area (Å²) in [7, 11) is 0. The van der Waals surface area contributed by atoms with Crippen LogP contribution in [-0.4, -0.2) is 31.0 Å². The average Bonchev–Trinajstić information content (AvgIpc) is 3.22. The second kappa shape index (κ2) is 10.2. The Morgan fingerprint density at radius 3 is 2.86 bits per heavy atom. The zero-order valence-electron chi connectivity index (χ0n) is 15.9. The van der Waals surface area contributed by atoms with E-state index in [4.69, 9.17) is 14.7 Å². The van der Waals surface area contributed by atoms with E-state index in [1.54, 1.807) is 12.1 Å². The Morgan fingerprint density at radius 1 is 1.32 bits per heavy atom. The van der Waals surface area contributed by atoms with Crippen molar-refractivity contribution in [1.82, 2.24) is 0 Å². The van der Waals surface area contributed by atoms with Gasteiger partial charge in [-0.3, -0.25) is 4.79 Å². The molecule has 1 atom stereocenters. The minimum absolute atomic E-state index is 0.0653. The van der Waals surface area contributed by atoms with E-state index in [2.05, 4.69) is 11.4 Å². The Hall–Kier alpha value is -2.49. The molecule has 2 aromatic rings. The molecule has 0 radical (unpaired) electrons. The highest BCUT2D eigenvalue weighted by Crippen LogP contribution is 2.27. The summed E-state index contributed by atoms with van der Waals surface area (Å²) >= 11 is 1.53. The van der Waals surface area contributed by atoms with Gasteiger partial charge in [-0.25, -0.2) is 0 Å². The van der Waals surface area contributed by atoms with Crippen LogP contribution < -0.4 is 10.1 Å². The Bertz CT molecular complexity index is 840. The minimum Gasteiger partial charge on any atom is -0.489 e. The van der Waals surface area contributed by atoms with Crippen molar-refractivity contribution in [3.63, 3.8) is 0 Å². The number of thioether (sulfide) groups is 1. The van der Waals surface area contributed by atoms with Gasteiger partial charge >= 0.3 is 0 Å². The summed E-state index contributed by atoms with van der Waals surface area (Å²) in [5.74, 6) is 1.68. The third-order valence-electron chi connectivity index (χ3n) is 4.44. The van der Waals surface area contributed by atoms with Gasteiger partial charge in [0.25, 0.3) is 0 Å². The highest BCUT2D eigenvalue weighted by atomic mass is 32.2. The number of amides is 1. The molecule has 146 valence electrons. The van der Waals surface area contributed by atoms with Crippen LogP contribution in [0, 0.1) is 18.3 Å². The van der Waals surface area contributed by atoms with Gasteiger partial charge in [-0.05, 0) is 55.2 Å². The zero-order valence-corrected chi connectivity index (χ0v) is 16.8. The van der Waals surface area contributed by atoms with Crippen molar-refractivity contribution in [2.24, 2.45) is 0 Å². The second-order valence-corrected chi connectivity index (χ2v) is 7.78. The summed E-state index contributed by atoms with van der Waals surface area (Å²) in [6.07, 6.45) is 2.22. The van der Waals surface area contributed by atoms with E-state index in [9.17, 15) is 4.79 Å². The normalized spacial score (nSPS) is 15.8. The lowest BCUT2D eigenvalue weighted by atomic mass is 10.2. The smallest absolute Gasteiger partial charge is 0.234 e. The van der Waals surface area contributed by atoms with Gasteiger partial charge in [0.1, 0.15) is 12.4 Å². The SMILES string of the molecule is Cc1ccc(NC(=O)CSCc2ccc(C#N)cc2)c(OCC2CCCO2)c1. The lowest BCUT2D eigenvalue weighted by molar-refractivity contribution is -0.113. The van der Waals surface area contributed by atoms with E-state index in [-0.39, 0.29) is 12.0 Å². The first-order valence-electron chi connectivity index (χ1n) is 9.36. The molecule has 1 amide bonds. The molecular weight excluding hydrogens is 372 g/mol. The third kappa shape index (κ3) is 6.01. The molecule has 0 bridgehead atoms. The molecule has 1 unspecified atom stereocenters. The Labute approximate surface area is 170 Å². The predicted molar refractivity (Wildman–Crippen MR) is 112 cm³/mol. The summed E-state index contributed by atoms with van der Waals surface area (Å²) in [6.45, 7) is 3.29. The van der Waals surface area contributed by atoms with Crippen LogP contribution in [0.15, 0.2) is 42.5 Å². The zero-order chi connectivity index (χ0) is 19.8. The number of carbonyl (C=O) groups excluding carboxylic acids is 1. The highest BCUT2D eigenvalue weighted by molar-refractivity contribution is 7.99. The van der Waals surface area contributed by atoms with E-state index in [1.807, 2.05) is 37.3 Å². The van der Waals surface area contributed by atoms with Crippen molar-refractivity contribution in [2.45, 2.75) is 31.6 Å². The van der Waals surface area contributed by atoms with E-state index in [0.717, 1.165) is 36.3 Å². The fourth-order valence-corrected chi connectivity index (χ4v) is 3.72. The molecule has 1 aliphatic rings. The molecule has 2 aromatic carbocycles. The fourth-order valence-electron chi connectivity index (χ4n) is 2.93. The van der Waals surface area contributed by atoms with Crippen LogP contribution in [0.5, 0.6) is 5.75 Å². The van der Waals surface area contributed by atoms with E-state index in [0.29, 0.717) is 29.4 Å². The van der Waals surface area contributed by atoms with Crippen molar-refractivity contribution in [3.8, 4) is 11.8 Å². The van der Waals surface area contributed by atoms with E-state index < -0.39 is 0 Å². The predicted octanol–water partition coefficient (Wildman–Crippen LogP) is 4.30. The molecule has 1 aliphatic heterocycles. The van der Waals surface area contributed by atoms with Crippen molar-refractivity contribution in [3.05, 3.63) is 59.2 Å². The van der Waals surface area contributed by atoms with Crippen LogP contribution in [0.25, 0.3) is 0 Å². The van der Waals surface area contributed by atoms with E-state index in [1.165, 1.54) is 11.8 Å². The summed E-state index contributed by atoms with van der Waals surface area (Å²) < 4.78 is 11.5. The number of carbonyl (C=O) groups is 1. The fraction of sp³-hybridized carbons (Fsp3) is 0.364. The molecule has 6 heteroatoms. The summed E-state index contributed by atoms with van der Waals surface area (Å²) in [6, 6.07) is 15.3. The largest absolute Gasteiger partial charge is 0.489 e. The van der Waals surface area contributed by atoms with Gasteiger partial charge < -0.3 is 14.8 Å². The van der Waals surface area contributed by atoms with Crippen molar-refractivity contribution in [2.75, 3.05) is 24.3 Å². The number of anilines is 1. The van der Waals surface area contributed by atoms with Gasteiger partial charge in [0.05, 0.1) is 29.2 Å². The van der Waals surface area contributed by atoms with E-state index >= 15 is 0 Å². The molecular formula is C22H24N2O3S.